The fourth-order valence-electron chi connectivity index (χ4n) is 1.56. The highest BCUT2D eigenvalue weighted by Gasteiger charge is 2.30. The number of aliphatic hydroxyl groups is 1. The zero-order chi connectivity index (χ0) is 14.7. The van der Waals surface area contributed by atoms with E-state index >= 15 is 0 Å². The van der Waals surface area contributed by atoms with E-state index in [0.29, 0.717) is 23.1 Å². The quantitative estimate of drug-likeness (QED) is 0.838. The molecular formula is C13H17BrF3NO. The molecule has 0 bridgehead atoms. The first-order chi connectivity index (χ1) is 8.65. The van der Waals surface area contributed by atoms with Gasteiger partial charge < -0.3 is 10.4 Å². The standard InChI is InChI=1S/C13H17BrF3NO/c1-12(2,5-6-19)8-18-11-4-3-9(7-10(11)14)13(15,16)17/h3-4,7,18-19H,5-6,8H2,1-2H3. The fraction of sp³-hybridized carbons (Fsp3) is 0.538. The lowest BCUT2D eigenvalue weighted by Gasteiger charge is -2.25. The maximum Gasteiger partial charge on any atom is 0.416 e. The number of nitrogens with one attached hydrogen (secondary N) is 1. The number of hydrogen-bond acceptors (Lipinski definition) is 2. The van der Waals surface area contributed by atoms with Crippen LogP contribution in [0.3, 0.4) is 0 Å². The Morgan fingerprint density at radius 1 is 1.26 bits per heavy atom. The summed E-state index contributed by atoms with van der Waals surface area (Å²) >= 11 is 3.13. The van der Waals surface area contributed by atoms with Gasteiger partial charge in [-0.25, -0.2) is 0 Å². The van der Waals surface area contributed by atoms with Crippen LogP contribution in [0.25, 0.3) is 0 Å². The number of aliphatic hydroxyl groups excluding tert-OH is 1. The number of hydrogen-bond donors (Lipinski definition) is 2. The number of anilines is 1. The van der Waals surface area contributed by atoms with Crippen LogP contribution in [0.4, 0.5) is 18.9 Å². The van der Waals surface area contributed by atoms with Crippen LogP contribution in [0.5, 0.6) is 0 Å². The lowest BCUT2D eigenvalue weighted by atomic mass is 9.89. The molecule has 0 saturated carbocycles. The van der Waals surface area contributed by atoms with Crippen LogP contribution in [-0.2, 0) is 6.18 Å². The Morgan fingerprint density at radius 2 is 1.89 bits per heavy atom. The van der Waals surface area contributed by atoms with E-state index in [1.807, 2.05) is 13.8 Å². The molecule has 1 aromatic rings. The Bertz CT molecular complexity index is 432. The molecule has 0 fully saturated rings. The third kappa shape index (κ3) is 5.03. The number of rotatable bonds is 5. The van der Waals surface area contributed by atoms with Gasteiger partial charge in [-0.05, 0) is 46.0 Å². The van der Waals surface area contributed by atoms with Crippen molar-refractivity contribution >= 4 is 21.6 Å². The first-order valence-corrected chi connectivity index (χ1v) is 6.66. The highest BCUT2D eigenvalue weighted by atomic mass is 79.9. The van der Waals surface area contributed by atoms with E-state index in [9.17, 15) is 13.2 Å². The molecule has 0 unspecified atom stereocenters. The predicted molar refractivity (Wildman–Crippen MR) is 73.1 cm³/mol. The number of benzene rings is 1. The summed E-state index contributed by atoms with van der Waals surface area (Å²) in [5.74, 6) is 0. The minimum atomic E-state index is -4.34. The zero-order valence-electron chi connectivity index (χ0n) is 10.8. The van der Waals surface area contributed by atoms with Crippen molar-refractivity contribution < 1.29 is 18.3 Å². The Morgan fingerprint density at radius 3 is 2.37 bits per heavy atom. The number of halogens is 4. The second kappa shape index (κ2) is 6.13. The molecule has 1 aromatic carbocycles. The van der Waals surface area contributed by atoms with E-state index in [1.54, 1.807) is 0 Å². The molecular weight excluding hydrogens is 323 g/mol. The van der Waals surface area contributed by atoms with Crippen molar-refractivity contribution in [3.8, 4) is 0 Å². The summed E-state index contributed by atoms with van der Waals surface area (Å²) in [6, 6.07) is 3.51. The van der Waals surface area contributed by atoms with Crippen molar-refractivity contribution in [3.63, 3.8) is 0 Å². The van der Waals surface area contributed by atoms with Crippen molar-refractivity contribution in [1.29, 1.82) is 0 Å². The molecule has 0 aromatic heterocycles. The van der Waals surface area contributed by atoms with Gasteiger partial charge in [0.1, 0.15) is 0 Å². The molecule has 0 aliphatic carbocycles. The number of alkyl halides is 3. The highest BCUT2D eigenvalue weighted by molar-refractivity contribution is 9.10. The summed E-state index contributed by atoms with van der Waals surface area (Å²) in [6.07, 6.45) is -3.71. The molecule has 0 heterocycles. The summed E-state index contributed by atoms with van der Waals surface area (Å²) in [6.45, 7) is 4.61. The third-order valence-electron chi connectivity index (χ3n) is 2.84. The van der Waals surface area contributed by atoms with Gasteiger partial charge >= 0.3 is 6.18 Å². The average molecular weight is 340 g/mol. The Balaban J connectivity index is 2.76. The molecule has 0 atom stereocenters. The van der Waals surface area contributed by atoms with Crippen molar-refractivity contribution in [3.05, 3.63) is 28.2 Å². The molecule has 1 rings (SSSR count). The Labute approximate surface area is 119 Å². The van der Waals surface area contributed by atoms with Crippen LogP contribution in [-0.4, -0.2) is 18.3 Å². The van der Waals surface area contributed by atoms with Gasteiger partial charge in [0.05, 0.1) is 5.56 Å². The average Bonchev–Trinajstić information content (AvgIpc) is 2.26. The van der Waals surface area contributed by atoms with Crippen molar-refractivity contribution in [1.82, 2.24) is 0 Å². The molecule has 0 amide bonds. The van der Waals surface area contributed by atoms with Gasteiger partial charge in [-0.2, -0.15) is 13.2 Å². The summed E-state index contributed by atoms with van der Waals surface area (Å²) in [4.78, 5) is 0. The van der Waals surface area contributed by atoms with E-state index in [-0.39, 0.29) is 12.0 Å². The van der Waals surface area contributed by atoms with Crippen LogP contribution in [0.1, 0.15) is 25.8 Å². The first-order valence-electron chi connectivity index (χ1n) is 5.87. The molecule has 0 saturated heterocycles. The molecule has 19 heavy (non-hydrogen) atoms. The normalized spacial score (nSPS) is 12.6. The lowest BCUT2D eigenvalue weighted by Crippen LogP contribution is -2.24. The molecule has 0 radical (unpaired) electrons. The maximum atomic E-state index is 12.5. The Hall–Kier alpha value is -0.750. The van der Waals surface area contributed by atoms with Gasteiger partial charge in [0, 0.05) is 23.3 Å². The van der Waals surface area contributed by atoms with E-state index in [4.69, 9.17) is 5.11 Å². The zero-order valence-corrected chi connectivity index (χ0v) is 12.4. The molecule has 108 valence electrons. The van der Waals surface area contributed by atoms with Gasteiger partial charge in [-0.1, -0.05) is 13.8 Å². The second-order valence-corrected chi connectivity index (χ2v) is 6.04. The molecule has 6 heteroatoms. The minimum Gasteiger partial charge on any atom is -0.396 e. The van der Waals surface area contributed by atoms with E-state index in [1.165, 1.54) is 6.07 Å². The highest BCUT2D eigenvalue weighted by Crippen LogP contribution is 2.34. The fourth-order valence-corrected chi connectivity index (χ4v) is 2.08. The summed E-state index contributed by atoms with van der Waals surface area (Å²) < 4.78 is 37.9. The van der Waals surface area contributed by atoms with Gasteiger partial charge in [-0.3, -0.25) is 0 Å². The van der Waals surface area contributed by atoms with Gasteiger partial charge in [0.15, 0.2) is 0 Å². The van der Waals surface area contributed by atoms with E-state index < -0.39 is 11.7 Å². The van der Waals surface area contributed by atoms with Crippen molar-refractivity contribution in [2.75, 3.05) is 18.5 Å². The smallest absolute Gasteiger partial charge is 0.396 e. The van der Waals surface area contributed by atoms with E-state index in [0.717, 1.165) is 12.1 Å². The minimum absolute atomic E-state index is 0.0862. The summed E-state index contributed by atoms with van der Waals surface area (Å²) in [5, 5.41) is 12.0. The van der Waals surface area contributed by atoms with Crippen molar-refractivity contribution in [2.45, 2.75) is 26.4 Å². The monoisotopic (exact) mass is 339 g/mol. The van der Waals surface area contributed by atoms with E-state index in [2.05, 4.69) is 21.2 Å². The van der Waals surface area contributed by atoms with Gasteiger partial charge in [-0.15, -0.1) is 0 Å². The Kier molecular flexibility index (Phi) is 5.26. The van der Waals surface area contributed by atoms with Gasteiger partial charge in [0.2, 0.25) is 0 Å². The summed E-state index contributed by atoms with van der Waals surface area (Å²) in [7, 11) is 0. The third-order valence-corrected chi connectivity index (χ3v) is 3.50. The van der Waals surface area contributed by atoms with Crippen LogP contribution < -0.4 is 5.32 Å². The predicted octanol–water partition coefficient (Wildman–Crippen LogP) is 4.29. The summed E-state index contributed by atoms with van der Waals surface area (Å²) in [5.41, 5.74) is -0.199. The maximum absolute atomic E-state index is 12.5. The topological polar surface area (TPSA) is 32.3 Å². The second-order valence-electron chi connectivity index (χ2n) is 5.18. The molecule has 0 spiro atoms. The SMILES string of the molecule is CC(C)(CCO)CNc1ccc(C(F)(F)F)cc1Br. The van der Waals surface area contributed by atoms with Crippen LogP contribution in [0.15, 0.2) is 22.7 Å². The van der Waals surface area contributed by atoms with Gasteiger partial charge in [0.25, 0.3) is 0 Å². The largest absolute Gasteiger partial charge is 0.416 e. The van der Waals surface area contributed by atoms with Crippen LogP contribution >= 0.6 is 15.9 Å². The van der Waals surface area contributed by atoms with Crippen LogP contribution in [0, 0.1) is 5.41 Å². The molecule has 0 aliphatic rings. The molecule has 0 aliphatic heterocycles. The lowest BCUT2D eigenvalue weighted by molar-refractivity contribution is -0.137. The molecule has 2 N–H and O–H groups in total. The van der Waals surface area contributed by atoms with Crippen molar-refractivity contribution in [2.24, 2.45) is 5.41 Å². The van der Waals surface area contributed by atoms with Crippen LogP contribution in [0.2, 0.25) is 0 Å². The molecule has 2 nitrogen and oxygen atoms in total. The first kappa shape index (κ1) is 16.3.